The topological polar surface area (TPSA) is 42.2 Å². The summed E-state index contributed by atoms with van der Waals surface area (Å²) in [5, 5.41) is 3.17. The number of carbonyl (C=O) groups is 1. The summed E-state index contributed by atoms with van der Waals surface area (Å²) < 4.78 is 4.90. The van der Waals surface area contributed by atoms with Crippen LogP contribution in [0.3, 0.4) is 0 Å². The second-order valence-electron chi connectivity index (χ2n) is 4.54. The van der Waals surface area contributed by atoms with Crippen LogP contribution >= 0.6 is 11.6 Å². The van der Waals surface area contributed by atoms with Crippen LogP contribution in [0.2, 0.25) is 5.22 Å². The molecule has 16 heavy (non-hydrogen) atoms. The van der Waals surface area contributed by atoms with Crippen molar-refractivity contribution in [1.29, 1.82) is 0 Å². The monoisotopic (exact) mass is 241 g/mol. The van der Waals surface area contributed by atoms with Gasteiger partial charge >= 0.3 is 0 Å². The number of carbonyl (C=O) groups excluding carboxylic acids is 1. The Morgan fingerprint density at radius 2 is 2.12 bits per heavy atom. The molecule has 0 aliphatic heterocycles. The summed E-state index contributed by atoms with van der Waals surface area (Å²) in [6, 6.07) is 1.89. The van der Waals surface area contributed by atoms with Gasteiger partial charge in [-0.25, -0.2) is 0 Å². The molecule has 0 unspecified atom stereocenters. The first-order chi connectivity index (χ1) is 7.66. The molecule has 0 atom stereocenters. The van der Waals surface area contributed by atoms with Crippen molar-refractivity contribution in [2.75, 3.05) is 0 Å². The first kappa shape index (κ1) is 11.5. The van der Waals surface area contributed by atoms with E-state index >= 15 is 0 Å². The molecule has 1 aliphatic rings. The molecular formula is C12H16ClNO2. The minimum Gasteiger partial charge on any atom is -0.452 e. The summed E-state index contributed by atoms with van der Waals surface area (Å²) >= 11 is 5.75. The molecule has 1 aliphatic carbocycles. The first-order valence-electron chi connectivity index (χ1n) is 5.70. The molecule has 0 aromatic carbocycles. The van der Waals surface area contributed by atoms with E-state index in [4.69, 9.17) is 16.0 Å². The van der Waals surface area contributed by atoms with Crippen LogP contribution in [0.1, 0.15) is 43.0 Å². The average molecular weight is 242 g/mol. The van der Waals surface area contributed by atoms with Crippen LogP contribution in [0.15, 0.2) is 16.7 Å². The molecule has 1 saturated carbocycles. The van der Waals surface area contributed by atoms with E-state index in [1.165, 1.54) is 19.1 Å². The highest BCUT2D eigenvalue weighted by molar-refractivity contribution is 6.32. The average Bonchev–Trinajstić information content (AvgIpc) is 2.68. The summed E-state index contributed by atoms with van der Waals surface area (Å²) in [7, 11) is 0. The van der Waals surface area contributed by atoms with Gasteiger partial charge in [-0.2, -0.15) is 0 Å². The molecule has 1 heterocycles. The maximum Gasteiger partial charge on any atom is 0.256 e. The van der Waals surface area contributed by atoms with E-state index in [0.717, 1.165) is 18.8 Å². The molecule has 1 aromatic heterocycles. The van der Waals surface area contributed by atoms with Crippen molar-refractivity contribution in [2.45, 2.75) is 38.6 Å². The number of furan rings is 1. The smallest absolute Gasteiger partial charge is 0.256 e. The molecule has 0 saturated heterocycles. The third-order valence-electron chi connectivity index (χ3n) is 3.21. The van der Waals surface area contributed by atoms with Crippen molar-refractivity contribution in [3.8, 4) is 0 Å². The lowest BCUT2D eigenvalue weighted by Crippen LogP contribution is -2.37. The Kier molecular flexibility index (Phi) is 3.54. The Labute approximate surface area is 100 Å². The van der Waals surface area contributed by atoms with Crippen LogP contribution in [0.25, 0.3) is 0 Å². The summed E-state index contributed by atoms with van der Waals surface area (Å²) in [5.74, 6) is 0.656. The summed E-state index contributed by atoms with van der Waals surface area (Å²) in [5.41, 5.74) is 0.431. The summed E-state index contributed by atoms with van der Waals surface area (Å²) in [6.45, 7) is 2.25. The predicted octanol–water partition coefficient (Wildman–Crippen LogP) is 3.24. The summed E-state index contributed by atoms with van der Waals surface area (Å²) in [4.78, 5) is 11.8. The van der Waals surface area contributed by atoms with Crippen molar-refractivity contribution < 1.29 is 9.21 Å². The molecule has 2 rings (SSSR count). The zero-order valence-corrected chi connectivity index (χ0v) is 10.1. The molecular weight excluding hydrogens is 226 g/mol. The van der Waals surface area contributed by atoms with Crippen LogP contribution in [-0.2, 0) is 0 Å². The predicted molar refractivity (Wildman–Crippen MR) is 62.6 cm³/mol. The molecule has 4 heteroatoms. The van der Waals surface area contributed by atoms with E-state index in [-0.39, 0.29) is 17.2 Å². The maximum atomic E-state index is 11.8. The van der Waals surface area contributed by atoms with Gasteiger partial charge in [0.05, 0.1) is 11.8 Å². The number of amides is 1. The van der Waals surface area contributed by atoms with E-state index in [1.54, 1.807) is 6.07 Å². The van der Waals surface area contributed by atoms with E-state index in [9.17, 15) is 4.79 Å². The second-order valence-corrected chi connectivity index (χ2v) is 4.88. The fourth-order valence-corrected chi connectivity index (χ4v) is 2.32. The van der Waals surface area contributed by atoms with E-state index in [1.807, 2.05) is 0 Å². The molecule has 1 amide bonds. The van der Waals surface area contributed by atoms with Crippen molar-refractivity contribution in [3.05, 3.63) is 23.1 Å². The lowest BCUT2D eigenvalue weighted by atomic mass is 9.87. The van der Waals surface area contributed by atoms with Gasteiger partial charge < -0.3 is 9.73 Å². The largest absolute Gasteiger partial charge is 0.452 e. The number of hydrogen-bond acceptors (Lipinski definition) is 2. The lowest BCUT2D eigenvalue weighted by molar-refractivity contribution is 0.0922. The summed E-state index contributed by atoms with van der Waals surface area (Å²) in [6.07, 6.45) is 5.92. The SMILES string of the molecule is CC1CCC(NC(=O)c2ccoc2Cl)CC1. The number of rotatable bonds is 2. The molecule has 0 radical (unpaired) electrons. The fourth-order valence-electron chi connectivity index (χ4n) is 2.12. The fraction of sp³-hybridized carbons (Fsp3) is 0.583. The normalized spacial score (nSPS) is 25.4. The van der Waals surface area contributed by atoms with Crippen LogP contribution in [0, 0.1) is 5.92 Å². The Hall–Kier alpha value is -0.960. The second kappa shape index (κ2) is 4.91. The van der Waals surface area contributed by atoms with Crippen molar-refractivity contribution in [3.63, 3.8) is 0 Å². The third kappa shape index (κ3) is 2.59. The highest BCUT2D eigenvalue weighted by Crippen LogP contribution is 2.24. The molecule has 3 nitrogen and oxygen atoms in total. The molecule has 1 N–H and O–H groups in total. The number of hydrogen-bond donors (Lipinski definition) is 1. The van der Waals surface area contributed by atoms with E-state index in [0.29, 0.717) is 5.56 Å². The van der Waals surface area contributed by atoms with Crippen molar-refractivity contribution in [2.24, 2.45) is 5.92 Å². The van der Waals surface area contributed by atoms with Gasteiger partial charge in [-0.05, 0) is 49.3 Å². The standard InChI is InChI=1S/C12H16ClNO2/c1-8-2-4-9(5-3-8)14-12(15)10-6-7-16-11(10)13/h6-9H,2-5H2,1H3,(H,14,15). The van der Waals surface area contributed by atoms with Gasteiger partial charge in [-0.3, -0.25) is 4.79 Å². The van der Waals surface area contributed by atoms with Gasteiger partial charge in [0.1, 0.15) is 0 Å². The van der Waals surface area contributed by atoms with Gasteiger partial charge in [0.2, 0.25) is 5.22 Å². The Balaban J connectivity index is 1.91. The van der Waals surface area contributed by atoms with Gasteiger partial charge in [0, 0.05) is 6.04 Å². The number of nitrogens with one attached hydrogen (secondary N) is 1. The Bertz CT molecular complexity index is 367. The highest BCUT2D eigenvalue weighted by Gasteiger charge is 2.21. The van der Waals surface area contributed by atoms with Gasteiger partial charge in [0.15, 0.2) is 0 Å². The minimum atomic E-state index is -0.127. The minimum absolute atomic E-state index is 0.127. The van der Waals surface area contributed by atoms with Crippen LogP contribution in [0.4, 0.5) is 0 Å². The maximum absolute atomic E-state index is 11.8. The Morgan fingerprint density at radius 1 is 1.44 bits per heavy atom. The Morgan fingerprint density at radius 3 is 2.69 bits per heavy atom. The molecule has 1 fully saturated rings. The molecule has 88 valence electrons. The van der Waals surface area contributed by atoms with Gasteiger partial charge in [-0.15, -0.1) is 0 Å². The van der Waals surface area contributed by atoms with Gasteiger partial charge in [-0.1, -0.05) is 6.92 Å². The highest BCUT2D eigenvalue weighted by atomic mass is 35.5. The quantitative estimate of drug-likeness (QED) is 0.864. The lowest BCUT2D eigenvalue weighted by Gasteiger charge is -2.26. The zero-order valence-electron chi connectivity index (χ0n) is 9.33. The zero-order chi connectivity index (χ0) is 11.5. The van der Waals surface area contributed by atoms with Crippen LogP contribution in [0.5, 0.6) is 0 Å². The van der Waals surface area contributed by atoms with E-state index in [2.05, 4.69) is 12.2 Å². The first-order valence-corrected chi connectivity index (χ1v) is 6.08. The van der Waals surface area contributed by atoms with E-state index < -0.39 is 0 Å². The molecule has 0 spiro atoms. The van der Waals surface area contributed by atoms with Crippen LogP contribution < -0.4 is 5.32 Å². The molecule has 1 aromatic rings. The number of halogens is 1. The third-order valence-corrected chi connectivity index (χ3v) is 3.51. The van der Waals surface area contributed by atoms with Crippen LogP contribution in [-0.4, -0.2) is 11.9 Å². The van der Waals surface area contributed by atoms with Crippen molar-refractivity contribution >= 4 is 17.5 Å². The molecule has 0 bridgehead atoms. The van der Waals surface area contributed by atoms with Gasteiger partial charge in [0.25, 0.3) is 5.91 Å². The van der Waals surface area contributed by atoms with Crippen molar-refractivity contribution in [1.82, 2.24) is 5.32 Å².